The van der Waals surface area contributed by atoms with Gasteiger partial charge in [0.25, 0.3) is 0 Å². The summed E-state index contributed by atoms with van der Waals surface area (Å²) in [5.41, 5.74) is 7.34. The zero-order valence-corrected chi connectivity index (χ0v) is 10.2. The van der Waals surface area contributed by atoms with E-state index in [0.29, 0.717) is 20.7 Å². The quantitative estimate of drug-likeness (QED) is 0.840. The van der Waals surface area contributed by atoms with Crippen LogP contribution in [0.15, 0.2) is 18.2 Å². The Labute approximate surface area is 102 Å². The van der Waals surface area contributed by atoms with Crippen molar-refractivity contribution in [2.45, 2.75) is 6.92 Å². The monoisotopic (exact) mass is 258 g/mol. The van der Waals surface area contributed by atoms with Gasteiger partial charge < -0.3 is 5.73 Å². The van der Waals surface area contributed by atoms with E-state index < -0.39 is 0 Å². The number of rotatable bonds is 1. The van der Waals surface area contributed by atoms with E-state index in [2.05, 4.69) is 4.98 Å². The molecule has 2 N–H and O–H groups in total. The van der Waals surface area contributed by atoms with Gasteiger partial charge in [0, 0.05) is 10.6 Å². The van der Waals surface area contributed by atoms with Gasteiger partial charge in [-0.2, -0.15) is 0 Å². The van der Waals surface area contributed by atoms with E-state index in [-0.39, 0.29) is 0 Å². The third-order valence-corrected chi connectivity index (χ3v) is 3.31. The van der Waals surface area contributed by atoms with Crippen LogP contribution >= 0.6 is 34.5 Å². The molecule has 0 aliphatic carbocycles. The fourth-order valence-electron chi connectivity index (χ4n) is 1.31. The first kappa shape index (κ1) is 10.7. The Hall–Kier alpha value is -0.770. The summed E-state index contributed by atoms with van der Waals surface area (Å²) < 4.78 is 0. The molecule has 0 aliphatic rings. The van der Waals surface area contributed by atoms with E-state index >= 15 is 0 Å². The molecule has 78 valence electrons. The average Bonchev–Trinajstić information content (AvgIpc) is 2.50. The summed E-state index contributed by atoms with van der Waals surface area (Å²) >= 11 is 13.4. The fraction of sp³-hybridized carbons (Fsp3) is 0.100. The predicted molar refractivity (Wildman–Crippen MR) is 66.7 cm³/mol. The molecule has 5 heteroatoms. The smallest absolute Gasteiger partial charge is 0.114 e. The lowest BCUT2D eigenvalue weighted by Gasteiger charge is -2.02. The first-order chi connectivity index (χ1) is 7.08. The molecule has 1 aromatic carbocycles. The van der Waals surface area contributed by atoms with Gasteiger partial charge in [-0.15, -0.1) is 11.3 Å². The van der Waals surface area contributed by atoms with Crippen molar-refractivity contribution in [3.63, 3.8) is 0 Å². The van der Waals surface area contributed by atoms with Crippen LogP contribution in [0.5, 0.6) is 0 Å². The van der Waals surface area contributed by atoms with E-state index in [1.807, 2.05) is 6.92 Å². The molecule has 2 aromatic rings. The second kappa shape index (κ2) is 4.00. The highest BCUT2D eigenvalue weighted by atomic mass is 35.5. The first-order valence-corrected chi connectivity index (χ1v) is 5.83. The molecule has 0 aliphatic heterocycles. The number of hydrogen-bond acceptors (Lipinski definition) is 3. The Morgan fingerprint density at radius 3 is 2.67 bits per heavy atom. The van der Waals surface area contributed by atoms with Crippen LogP contribution in [0.4, 0.5) is 5.00 Å². The Kier molecular flexibility index (Phi) is 2.87. The molecule has 0 saturated carbocycles. The Morgan fingerprint density at radius 2 is 2.07 bits per heavy atom. The standard InChI is InChI=1S/C10H8Cl2N2S/c1-5-14-9(10(13)15-5)7-4-6(11)2-3-8(7)12/h2-4H,13H2,1H3. The number of halogens is 2. The van der Waals surface area contributed by atoms with Crippen molar-refractivity contribution in [3.8, 4) is 11.3 Å². The van der Waals surface area contributed by atoms with Gasteiger partial charge in [0.05, 0.1) is 10.0 Å². The lowest BCUT2D eigenvalue weighted by molar-refractivity contribution is 1.30. The lowest BCUT2D eigenvalue weighted by atomic mass is 10.1. The third-order valence-electron chi connectivity index (χ3n) is 1.94. The van der Waals surface area contributed by atoms with Crippen LogP contribution in [0.3, 0.4) is 0 Å². The van der Waals surface area contributed by atoms with E-state index in [1.54, 1.807) is 18.2 Å². The molecule has 1 heterocycles. The second-order valence-electron chi connectivity index (χ2n) is 3.07. The highest BCUT2D eigenvalue weighted by Crippen LogP contribution is 2.35. The molecule has 0 saturated heterocycles. The molecule has 0 atom stereocenters. The minimum absolute atomic E-state index is 0.608. The van der Waals surface area contributed by atoms with Crippen LogP contribution in [0.25, 0.3) is 11.3 Å². The molecule has 0 radical (unpaired) electrons. The van der Waals surface area contributed by atoms with Gasteiger partial charge >= 0.3 is 0 Å². The summed E-state index contributed by atoms with van der Waals surface area (Å²) in [4.78, 5) is 4.33. The molecule has 2 rings (SSSR count). The van der Waals surface area contributed by atoms with Gasteiger partial charge in [-0.1, -0.05) is 23.2 Å². The zero-order valence-electron chi connectivity index (χ0n) is 7.92. The van der Waals surface area contributed by atoms with Crippen molar-refractivity contribution < 1.29 is 0 Å². The predicted octanol–water partition coefficient (Wildman–Crippen LogP) is 4.01. The topological polar surface area (TPSA) is 38.9 Å². The van der Waals surface area contributed by atoms with E-state index in [0.717, 1.165) is 10.6 Å². The van der Waals surface area contributed by atoms with Crippen LogP contribution in [-0.2, 0) is 0 Å². The number of anilines is 1. The number of thiazole rings is 1. The van der Waals surface area contributed by atoms with Crippen LogP contribution in [0.1, 0.15) is 5.01 Å². The number of benzene rings is 1. The van der Waals surface area contributed by atoms with Crippen LogP contribution < -0.4 is 5.73 Å². The summed E-state index contributed by atoms with van der Waals surface area (Å²) in [6, 6.07) is 5.25. The largest absolute Gasteiger partial charge is 0.389 e. The summed E-state index contributed by atoms with van der Waals surface area (Å²) in [6.07, 6.45) is 0. The van der Waals surface area contributed by atoms with Gasteiger partial charge in [-0.05, 0) is 25.1 Å². The molecule has 0 spiro atoms. The van der Waals surface area contributed by atoms with Gasteiger partial charge in [0.15, 0.2) is 0 Å². The number of hydrogen-bond donors (Lipinski definition) is 1. The Morgan fingerprint density at radius 1 is 1.33 bits per heavy atom. The van der Waals surface area contributed by atoms with Crippen molar-refractivity contribution in [3.05, 3.63) is 33.3 Å². The summed E-state index contributed by atoms with van der Waals surface area (Å²) in [5, 5.41) is 2.81. The van der Waals surface area contributed by atoms with Gasteiger partial charge in [0.2, 0.25) is 0 Å². The van der Waals surface area contributed by atoms with Crippen molar-refractivity contribution >= 4 is 39.5 Å². The number of nitrogen functional groups attached to an aromatic ring is 1. The molecule has 0 amide bonds. The molecule has 15 heavy (non-hydrogen) atoms. The van der Waals surface area contributed by atoms with Crippen molar-refractivity contribution in [1.82, 2.24) is 4.98 Å². The first-order valence-electron chi connectivity index (χ1n) is 4.26. The normalized spacial score (nSPS) is 10.6. The lowest BCUT2D eigenvalue weighted by Crippen LogP contribution is -1.87. The molecule has 0 bridgehead atoms. The molecule has 2 nitrogen and oxygen atoms in total. The zero-order chi connectivity index (χ0) is 11.0. The van der Waals surface area contributed by atoms with Gasteiger partial charge in [-0.3, -0.25) is 0 Å². The van der Waals surface area contributed by atoms with Crippen LogP contribution in [-0.4, -0.2) is 4.98 Å². The number of nitrogens with zero attached hydrogens (tertiary/aromatic N) is 1. The van der Waals surface area contributed by atoms with E-state index in [4.69, 9.17) is 28.9 Å². The molecule has 0 unspecified atom stereocenters. The minimum Gasteiger partial charge on any atom is -0.389 e. The summed E-state index contributed by atoms with van der Waals surface area (Å²) in [5.74, 6) is 0. The van der Waals surface area contributed by atoms with E-state index in [9.17, 15) is 0 Å². The minimum atomic E-state index is 0.608. The molecule has 1 aromatic heterocycles. The van der Waals surface area contributed by atoms with Gasteiger partial charge in [0.1, 0.15) is 10.7 Å². The number of nitrogens with two attached hydrogens (primary N) is 1. The maximum Gasteiger partial charge on any atom is 0.114 e. The summed E-state index contributed by atoms with van der Waals surface area (Å²) in [7, 11) is 0. The Bertz CT molecular complexity index is 508. The van der Waals surface area contributed by atoms with Crippen molar-refractivity contribution in [2.24, 2.45) is 0 Å². The molecule has 0 fully saturated rings. The van der Waals surface area contributed by atoms with Crippen molar-refractivity contribution in [1.29, 1.82) is 0 Å². The highest BCUT2D eigenvalue weighted by molar-refractivity contribution is 7.16. The van der Waals surface area contributed by atoms with Crippen LogP contribution in [0.2, 0.25) is 10.0 Å². The van der Waals surface area contributed by atoms with Crippen LogP contribution in [0, 0.1) is 6.92 Å². The number of aromatic nitrogens is 1. The maximum absolute atomic E-state index is 6.06. The molecular formula is C10H8Cl2N2S. The third kappa shape index (κ3) is 2.09. The van der Waals surface area contributed by atoms with Crippen molar-refractivity contribution in [2.75, 3.05) is 5.73 Å². The highest BCUT2D eigenvalue weighted by Gasteiger charge is 2.12. The second-order valence-corrected chi connectivity index (χ2v) is 5.15. The SMILES string of the molecule is Cc1nc(-c2cc(Cl)ccc2Cl)c(N)s1. The average molecular weight is 259 g/mol. The summed E-state index contributed by atoms with van der Waals surface area (Å²) in [6.45, 7) is 1.91. The molecular weight excluding hydrogens is 251 g/mol. The maximum atomic E-state index is 6.06. The number of aryl methyl sites for hydroxylation is 1. The Balaban J connectivity index is 2.62. The van der Waals surface area contributed by atoms with Gasteiger partial charge in [-0.25, -0.2) is 4.98 Å². The van der Waals surface area contributed by atoms with E-state index in [1.165, 1.54) is 11.3 Å². The fourth-order valence-corrected chi connectivity index (χ4v) is 2.40.